The summed E-state index contributed by atoms with van der Waals surface area (Å²) in [7, 11) is 0. The van der Waals surface area contributed by atoms with Crippen LogP contribution in [0.5, 0.6) is 0 Å². The Morgan fingerprint density at radius 3 is 1.81 bits per heavy atom. The van der Waals surface area contributed by atoms with Crippen LogP contribution >= 0.6 is 11.3 Å². The van der Waals surface area contributed by atoms with Crippen LogP contribution in [0.15, 0.2) is 187 Å². The monoisotopic (exact) mass is 704 g/mol. The molecule has 0 N–H and O–H groups in total. The molecule has 11 rings (SSSR count). The summed E-state index contributed by atoms with van der Waals surface area (Å²) >= 11 is 1.86. The van der Waals surface area contributed by atoms with Crippen LogP contribution in [0.2, 0.25) is 0 Å². The van der Waals surface area contributed by atoms with Gasteiger partial charge in [0.05, 0.1) is 0 Å². The maximum absolute atomic E-state index is 6.45. The van der Waals surface area contributed by atoms with Crippen LogP contribution in [0, 0.1) is 0 Å². The van der Waals surface area contributed by atoms with Crippen molar-refractivity contribution in [3.05, 3.63) is 189 Å². The lowest BCUT2D eigenvalue weighted by Crippen LogP contribution is -1.92. The first-order valence-electron chi connectivity index (χ1n) is 18.3. The van der Waals surface area contributed by atoms with Gasteiger partial charge in [-0.25, -0.2) is 0 Å². The maximum atomic E-state index is 6.45. The van der Waals surface area contributed by atoms with Crippen molar-refractivity contribution < 1.29 is 4.42 Å². The van der Waals surface area contributed by atoms with Gasteiger partial charge in [-0.2, -0.15) is 0 Å². The number of hydrogen-bond donors (Lipinski definition) is 0. The molecule has 11 aromatic rings. The van der Waals surface area contributed by atoms with Crippen LogP contribution in [0.4, 0.5) is 0 Å². The van der Waals surface area contributed by atoms with Crippen molar-refractivity contribution in [2.24, 2.45) is 0 Å². The highest BCUT2D eigenvalue weighted by Crippen LogP contribution is 2.43. The smallest absolute Gasteiger partial charge is 0.136 e. The van der Waals surface area contributed by atoms with Gasteiger partial charge in [0.15, 0.2) is 0 Å². The summed E-state index contributed by atoms with van der Waals surface area (Å²) in [4.78, 5) is 0. The fraction of sp³-hybridized carbons (Fsp3) is 0. The third-order valence-corrected chi connectivity index (χ3v) is 12.2. The van der Waals surface area contributed by atoms with Crippen molar-refractivity contribution in [3.8, 4) is 22.3 Å². The van der Waals surface area contributed by atoms with Gasteiger partial charge in [0.2, 0.25) is 0 Å². The van der Waals surface area contributed by atoms with Gasteiger partial charge in [0.1, 0.15) is 11.2 Å². The lowest BCUT2D eigenvalue weighted by molar-refractivity contribution is 0.669. The summed E-state index contributed by atoms with van der Waals surface area (Å²) in [5, 5.41) is 14.6. The highest BCUT2D eigenvalue weighted by atomic mass is 32.1. The molecule has 0 fully saturated rings. The SMILES string of the molecule is C=C/C=C\C(=C)c1c2ccccc2c(-c2ccc3cc(-c4ccc5oc6cc7cc8c(cc7cc6c5c4)sc4ccccc48)ccc3c2)c2ccccc12. The molecule has 2 heterocycles. The Morgan fingerprint density at radius 1 is 0.463 bits per heavy atom. The van der Waals surface area contributed by atoms with Gasteiger partial charge in [0.25, 0.3) is 0 Å². The van der Waals surface area contributed by atoms with Crippen LogP contribution in [-0.2, 0) is 0 Å². The first-order valence-corrected chi connectivity index (χ1v) is 19.1. The highest BCUT2D eigenvalue weighted by Gasteiger charge is 2.17. The number of furan rings is 1. The number of rotatable bonds is 5. The van der Waals surface area contributed by atoms with Crippen LogP contribution in [0.3, 0.4) is 0 Å². The molecule has 0 radical (unpaired) electrons. The number of thiophene rings is 1. The van der Waals surface area contributed by atoms with Crippen molar-refractivity contribution in [3.63, 3.8) is 0 Å². The molecule has 0 atom stereocenters. The van der Waals surface area contributed by atoms with Gasteiger partial charge in [-0.3, -0.25) is 0 Å². The van der Waals surface area contributed by atoms with E-state index in [2.05, 4.69) is 165 Å². The third-order valence-electron chi connectivity index (χ3n) is 11.1. The predicted molar refractivity (Wildman–Crippen MR) is 236 cm³/mol. The minimum Gasteiger partial charge on any atom is -0.456 e. The quantitative estimate of drug-likeness (QED) is 0.128. The Hall–Kier alpha value is -6.74. The summed E-state index contributed by atoms with van der Waals surface area (Å²) in [5.74, 6) is 0. The standard InChI is InChI=1S/C52H32OS/c1-3-4-11-31(2)51-40-13-5-7-15-42(40)52(43-16-8-6-14-41(43)51)36-21-20-32-24-33(18-19-34(32)25-36)35-22-23-47-44(26-35)45-27-38-30-50-46(28-37(38)29-48(45)53-47)39-12-9-10-17-49(39)54-50/h3-30H,1-2H2/b11-4-. The van der Waals surface area contributed by atoms with E-state index in [4.69, 9.17) is 4.42 Å². The second-order valence-corrected chi connectivity index (χ2v) is 15.3. The first kappa shape index (κ1) is 30.8. The summed E-state index contributed by atoms with van der Waals surface area (Å²) < 4.78 is 9.09. The number of fused-ring (bicyclic) bond motifs is 10. The largest absolute Gasteiger partial charge is 0.456 e. The van der Waals surface area contributed by atoms with Crippen LogP contribution in [-0.4, -0.2) is 0 Å². The van der Waals surface area contributed by atoms with Crippen LogP contribution in [0.25, 0.3) is 113 Å². The molecule has 252 valence electrons. The zero-order valence-corrected chi connectivity index (χ0v) is 30.2. The molecule has 2 heteroatoms. The minimum absolute atomic E-state index is 0.910. The second-order valence-electron chi connectivity index (χ2n) is 14.2. The first-order chi connectivity index (χ1) is 26.6. The molecule has 54 heavy (non-hydrogen) atoms. The van der Waals surface area contributed by atoms with E-state index in [1.807, 2.05) is 23.5 Å². The lowest BCUT2D eigenvalue weighted by Gasteiger charge is -2.18. The van der Waals surface area contributed by atoms with E-state index >= 15 is 0 Å². The maximum Gasteiger partial charge on any atom is 0.136 e. The number of allylic oxidation sites excluding steroid dienone is 4. The average molecular weight is 705 g/mol. The molecule has 0 aliphatic carbocycles. The molecule has 1 nitrogen and oxygen atoms in total. The molecule has 0 unspecified atom stereocenters. The van der Waals surface area contributed by atoms with Crippen molar-refractivity contribution >= 4 is 102 Å². The molecular weight excluding hydrogens is 673 g/mol. The predicted octanol–water partition coefficient (Wildman–Crippen LogP) is 15.7. The fourth-order valence-electron chi connectivity index (χ4n) is 8.56. The number of benzene rings is 9. The zero-order chi connectivity index (χ0) is 35.9. The van der Waals surface area contributed by atoms with E-state index < -0.39 is 0 Å². The molecular formula is C52H32OS. The Bertz CT molecular complexity index is 3370. The van der Waals surface area contributed by atoms with E-state index in [9.17, 15) is 0 Å². The van der Waals surface area contributed by atoms with Gasteiger partial charge >= 0.3 is 0 Å². The molecule has 0 bridgehead atoms. The molecule has 0 aliphatic heterocycles. The molecule has 9 aromatic carbocycles. The van der Waals surface area contributed by atoms with Crippen LogP contribution in [0.1, 0.15) is 5.56 Å². The van der Waals surface area contributed by atoms with Gasteiger partial charge in [-0.15, -0.1) is 11.3 Å². The van der Waals surface area contributed by atoms with Crippen LogP contribution < -0.4 is 0 Å². The van der Waals surface area contributed by atoms with Gasteiger partial charge in [0, 0.05) is 30.9 Å². The Balaban J connectivity index is 1.02. The van der Waals surface area contributed by atoms with E-state index in [1.165, 1.54) is 85.5 Å². The molecule has 0 amide bonds. The lowest BCUT2D eigenvalue weighted by atomic mass is 9.85. The van der Waals surface area contributed by atoms with Crippen molar-refractivity contribution in [2.45, 2.75) is 0 Å². The Kier molecular flexibility index (Phi) is 6.79. The van der Waals surface area contributed by atoms with E-state index in [0.717, 1.165) is 33.1 Å². The van der Waals surface area contributed by atoms with Gasteiger partial charge in [-0.05, 0) is 131 Å². The molecule has 2 aromatic heterocycles. The number of hydrogen-bond acceptors (Lipinski definition) is 2. The van der Waals surface area contributed by atoms with E-state index in [-0.39, 0.29) is 0 Å². The Labute approximate surface area is 316 Å². The van der Waals surface area contributed by atoms with Crippen molar-refractivity contribution in [1.29, 1.82) is 0 Å². The van der Waals surface area contributed by atoms with E-state index in [1.54, 1.807) is 6.08 Å². The van der Waals surface area contributed by atoms with Gasteiger partial charge in [-0.1, -0.05) is 128 Å². The highest BCUT2D eigenvalue weighted by molar-refractivity contribution is 7.25. The fourth-order valence-corrected chi connectivity index (χ4v) is 9.69. The summed E-state index contributed by atoms with van der Waals surface area (Å²) in [6.45, 7) is 8.32. The zero-order valence-electron chi connectivity index (χ0n) is 29.4. The Morgan fingerprint density at radius 2 is 1.06 bits per heavy atom. The van der Waals surface area contributed by atoms with E-state index in [0.29, 0.717) is 0 Å². The molecule has 0 saturated carbocycles. The summed E-state index contributed by atoms with van der Waals surface area (Å²) in [6, 6.07) is 55.5. The molecule has 0 spiro atoms. The summed E-state index contributed by atoms with van der Waals surface area (Å²) in [5.41, 5.74) is 8.78. The second kappa shape index (κ2) is 11.9. The molecule has 0 aliphatic rings. The minimum atomic E-state index is 0.910. The van der Waals surface area contributed by atoms with Crippen molar-refractivity contribution in [2.75, 3.05) is 0 Å². The average Bonchev–Trinajstić information content (AvgIpc) is 3.76. The topological polar surface area (TPSA) is 13.1 Å². The van der Waals surface area contributed by atoms with Gasteiger partial charge < -0.3 is 4.42 Å². The molecule has 0 saturated heterocycles. The third kappa shape index (κ3) is 4.71. The normalized spacial score (nSPS) is 12.1. The van der Waals surface area contributed by atoms with Crippen molar-refractivity contribution in [1.82, 2.24) is 0 Å². The summed E-state index contributed by atoms with van der Waals surface area (Å²) in [6.07, 6.45) is 5.80.